The summed E-state index contributed by atoms with van der Waals surface area (Å²) >= 11 is 3.13. The average molecular weight is 233 g/mol. The molecule has 0 unspecified atom stereocenters. The van der Waals surface area contributed by atoms with E-state index in [9.17, 15) is 4.91 Å². The third-order valence-corrected chi connectivity index (χ3v) is 1.70. The standard InChI is InChI=1S/C7H6BrNO3/c1-12-9(11)6-2-5(8)3-7(10)4-6/h2-4H,1H3/p+1. The lowest BCUT2D eigenvalue weighted by Gasteiger charge is -1.92. The normalized spacial score (nSPS) is 9.50. The smallest absolute Gasteiger partial charge is 0.321 e. The third kappa shape index (κ3) is 1.94. The topological polar surface area (TPSA) is 49.5 Å². The molecular weight excluding hydrogens is 226 g/mol. The molecule has 0 aliphatic carbocycles. The Morgan fingerprint density at radius 2 is 2.17 bits per heavy atom. The van der Waals surface area contributed by atoms with Gasteiger partial charge in [-0.1, -0.05) is 15.9 Å². The molecule has 0 heterocycles. The van der Waals surface area contributed by atoms with Crippen LogP contribution in [0.1, 0.15) is 0 Å². The van der Waals surface area contributed by atoms with Gasteiger partial charge >= 0.3 is 5.69 Å². The lowest BCUT2D eigenvalue weighted by molar-refractivity contribution is -0.736. The maximum Gasteiger partial charge on any atom is 0.321 e. The van der Waals surface area contributed by atoms with Crippen molar-refractivity contribution in [2.24, 2.45) is 0 Å². The fraction of sp³-hybridized carbons (Fsp3) is 0.143. The Labute approximate surface area is 77.4 Å². The van der Waals surface area contributed by atoms with Crippen LogP contribution in [-0.2, 0) is 4.84 Å². The molecule has 0 saturated heterocycles. The molecule has 0 saturated carbocycles. The first-order valence-corrected chi connectivity index (χ1v) is 3.93. The van der Waals surface area contributed by atoms with Crippen LogP contribution < -0.4 is 0 Å². The van der Waals surface area contributed by atoms with Crippen molar-refractivity contribution in [3.8, 4) is 5.75 Å². The molecule has 12 heavy (non-hydrogen) atoms. The van der Waals surface area contributed by atoms with Crippen molar-refractivity contribution in [3.63, 3.8) is 0 Å². The van der Waals surface area contributed by atoms with Crippen molar-refractivity contribution in [2.75, 3.05) is 7.11 Å². The zero-order valence-electron chi connectivity index (χ0n) is 6.32. The molecule has 0 amide bonds. The predicted molar refractivity (Wildman–Crippen MR) is 46.1 cm³/mol. The van der Waals surface area contributed by atoms with Gasteiger partial charge in [-0.2, -0.15) is 0 Å². The first-order valence-electron chi connectivity index (χ1n) is 3.14. The molecule has 0 aromatic heterocycles. The van der Waals surface area contributed by atoms with Crippen molar-refractivity contribution in [1.29, 1.82) is 0 Å². The minimum absolute atomic E-state index is 0.0114. The summed E-state index contributed by atoms with van der Waals surface area (Å²) in [5.74, 6) is 0.0114. The Kier molecular flexibility index (Phi) is 2.65. The Morgan fingerprint density at radius 1 is 1.50 bits per heavy atom. The van der Waals surface area contributed by atoms with Gasteiger partial charge in [0, 0.05) is 10.5 Å². The minimum atomic E-state index is 0.0114. The molecule has 1 aromatic carbocycles. The molecule has 0 atom stereocenters. The second-order valence-electron chi connectivity index (χ2n) is 2.11. The molecule has 1 aromatic rings. The van der Waals surface area contributed by atoms with Crippen LogP contribution in [0, 0.1) is 4.91 Å². The molecule has 0 fully saturated rings. The maximum absolute atomic E-state index is 10.9. The van der Waals surface area contributed by atoms with Crippen LogP contribution in [-0.4, -0.2) is 17.1 Å². The summed E-state index contributed by atoms with van der Waals surface area (Å²) in [6, 6.07) is 4.32. The monoisotopic (exact) mass is 232 g/mol. The van der Waals surface area contributed by atoms with Crippen LogP contribution in [0.3, 0.4) is 0 Å². The van der Waals surface area contributed by atoms with Crippen LogP contribution in [0.4, 0.5) is 5.69 Å². The van der Waals surface area contributed by atoms with E-state index in [-0.39, 0.29) is 11.4 Å². The van der Waals surface area contributed by atoms with Gasteiger partial charge < -0.3 is 5.11 Å². The van der Waals surface area contributed by atoms with Gasteiger partial charge in [0.05, 0.1) is 11.0 Å². The molecule has 1 rings (SSSR count). The highest BCUT2D eigenvalue weighted by atomic mass is 79.9. The summed E-state index contributed by atoms with van der Waals surface area (Å²) in [7, 11) is 1.25. The molecule has 0 radical (unpaired) electrons. The SMILES string of the molecule is CO[N+](=O)c1cc(O)cc(Br)c1. The van der Waals surface area contributed by atoms with Crippen molar-refractivity contribution >= 4 is 21.6 Å². The quantitative estimate of drug-likeness (QED) is 0.796. The summed E-state index contributed by atoms with van der Waals surface area (Å²) in [5.41, 5.74) is 0.240. The van der Waals surface area contributed by atoms with Gasteiger partial charge in [0.25, 0.3) is 4.92 Å². The predicted octanol–water partition coefficient (Wildman–Crippen LogP) is 2.13. The molecule has 64 valence electrons. The van der Waals surface area contributed by atoms with E-state index in [2.05, 4.69) is 20.8 Å². The Morgan fingerprint density at radius 3 is 2.67 bits per heavy atom. The van der Waals surface area contributed by atoms with E-state index in [4.69, 9.17) is 5.11 Å². The Balaban J connectivity index is 3.08. The average Bonchev–Trinajstić information content (AvgIpc) is 2.01. The lowest BCUT2D eigenvalue weighted by Crippen LogP contribution is -1.97. The number of halogens is 1. The lowest BCUT2D eigenvalue weighted by atomic mass is 10.3. The van der Waals surface area contributed by atoms with Crippen molar-refractivity contribution in [3.05, 3.63) is 27.6 Å². The van der Waals surface area contributed by atoms with Crippen LogP contribution >= 0.6 is 15.9 Å². The second kappa shape index (κ2) is 3.53. The number of rotatable bonds is 2. The number of hydrogen-bond acceptors (Lipinski definition) is 3. The Hall–Kier alpha value is -1.10. The van der Waals surface area contributed by atoms with E-state index in [0.717, 1.165) is 0 Å². The van der Waals surface area contributed by atoms with E-state index in [1.165, 1.54) is 25.3 Å². The summed E-state index contributed by atoms with van der Waals surface area (Å²) in [5, 5.41) is 9.09. The van der Waals surface area contributed by atoms with Crippen LogP contribution in [0.5, 0.6) is 5.75 Å². The minimum Gasteiger partial charge on any atom is -0.508 e. The molecule has 0 aliphatic rings. The number of phenols is 1. The summed E-state index contributed by atoms with van der Waals surface area (Å²) in [6.07, 6.45) is 0. The largest absolute Gasteiger partial charge is 0.508 e. The first-order chi connectivity index (χ1) is 5.63. The van der Waals surface area contributed by atoms with Gasteiger partial charge in [-0.15, -0.1) is 0 Å². The molecular formula is C7H7BrNO3+. The van der Waals surface area contributed by atoms with E-state index < -0.39 is 0 Å². The van der Waals surface area contributed by atoms with Crippen LogP contribution in [0.25, 0.3) is 0 Å². The first kappa shape index (κ1) is 8.99. The molecule has 5 heteroatoms. The van der Waals surface area contributed by atoms with E-state index in [1.54, 1.807) is 0 Å². The summed E-state index contributed by atoms with van der Waals surface area (Å²) < 4.78 is 0.621. The van der Waals surface area contributed by atoms with Gasteiger partial charge in [-0.25, -0.2) is 4.84 Å². The third-order valence-electron chi connectivity index (χ3n) is 1.24. The maximum atomic E-state index is 10.9. The Bertz CT molecular complexity index is 293. The number of phenolic OH excluding ortho intramolecular Hbond substituents is 1. The number of benzene rings is 1. The highest BCUT2D eigenvalue weighted by molar-refractivity contribution is 9.10. The van der Waals surface area contributed by atoms with Gasteiger partial charge in [-0.05, 0) is 6.07 Å². The zero-order chi connectivity index (χ0) is 9.14. The number of aromatic hydroxyl groups is 1. The van der Waals surface area contributed by atoms with Crippen LogP contribution in [0.15, 0.2) is 22.7 Å². The van der Waals surface area contributed by atoms with E-state index in [1.807, 2.05) is 0 Å². The zero-order valence-corrected chi connectivity index (χ0v) is 7.91. The van der Waals surface area contributed by atoms with Crippen molar-refractivity contribution in [1.82, 2.24) is 0 Å². The van der Waals surface area contributed by atoms with Crippen molar-refractivity contribution < 1.29 is 14.9 Å². The fourth-order valence-corrected chi connectivity index (χ4v) is 1.24. The number of nitrogens with zero attached hydrogens (tertiary/aromatic N) is 1. The van der Waals surface area contributed by atoms with Crippen molar-refractivity contribution in [2.45, 2.75) is 0 Å². The molecule has 0 aliphatic heterocycles. The summed E-state index contributed by atoms with van der Waals surface area (Å²) in [6.45, 7) is 0. The highest BCUT2D eigenvalue weighted by Gasteiger charge is 2.15. The van der Waals surface area contributed by atoms with E-state index in [0.29, 0.717) is 9.40 Å². The molecule has 0 spiro atoms. The second-order valence-corrected chi connectivity index (χ2v) is 3.02. The van der Waals surface area contributed by atoms with Gasteiger partial charge in [0.1, 0.15) is 5.75 Å². The highest BCUT2D eigenvalue weighted by Crippen LogP contribution is 2.25. The van der Waals surface area contributed by atoms with Gasteiger partial charge in [-0.3, -0.25) is 0 Å². The molecule has 4 nitrogen and oxygen atoms in total. The van der Waals surface area contributed by atoms with Gasteiger partial charge in [0.2, 0.25) is 0 Å². The molecule has 0 bridgehead atoms. The molecule has 1 N–H and O–H groups in total. The number of hydrogen-bond donors (Lipinski definition) is 1. The van der Waals surface area contributed by atoms with Gasteiger partial charge in [0.15, 0.2) is 7.11 Å². The summed E-state index contributed by atoms with van der Waals surface area (Å²) in [4.78, 5) is 15.6. The van der Waals surface area contributed by atoms with E-state index >= 15 is 0 Å². The van der Waals surface area contributed by atoms with Crippen LogP contribution in [0.2, 0.25) is 0 Å². The fourth-order valence-electron chi connectivity index (χ4n) is 0.770.